The van der Waals surface area contributed by atoms with Crippen LogP contribution in [0.3, 0.4) is 0 Å². The van der Waals surface area contributed by atoms with Crippen LogP contribution in [0.1, 0.15) is 37.8 Å². The Morgan fingerprint density at radius 2 is 2.00 bits per heavy atom. The summed E-state index contributed by atoms with van der Waals surface area (Å²) < 4.78 is 0. The number of nitrogens with zero attached hydrogens (tertiary/aromatic N) is 1. The summed E-state index contributed by atoms with van der Waals surface area (Å²) in [6, 6.07) is 10.1. The van der Waals surface area contributed by atoms with Crippen LogP contribution in [0.15, 0.2) is 35.7 Å². The van der Waals surface area contributed by atoms with E-state index in [0.29, 0.717) is 13.0 Å². The van der Waals surface area contributed by atoms with Gasteiger partial charge in [0.1, 0.15) is 5.01 Å². The van der Waals surface area contributed by atoms with E-state index < -0.39 is 5.60 Å². The highest BCUT2D eigenvalue weighted by Gasteiger charge is 2.33. The Kier molecular flexibility index (Phi) is 5.08. The minimum atomic E-state index is -0.773. The van der Waals surface area contributed by atoms with Crippen molar-refractivity contribution in [3.8, 4) is 10.6 Å². The Bertz CT molecular complexity index is 648. The Labute approximate surface area is 140 Å². The molecule has 0 atom stereocenters. The summed E-state index contributed by atoms with van der Waals surface area (Å²) >= 11 is 1.62. The van der Waals surface area contributed by atoms with Crippen LogP contribution in [0.25, 0.3) is 10.6 Å². The molecule has 2 N–H and O–H groups in total. The molecule has 0 unspecified atom stereocenters. The number of aliphatic hydroxyl groups is 1. The summed E-state index contributed by atoms with van der Waals surface area (Å²) in [5.74, 6) is -0.0621. The zero-order chi connectivity index (χ0) is 16.1. The zero-order valence-electron chi connectivity index (χ0n) is 13.1. The van der Waals surface area contributed by atoms with Crippen molar-refractivity contribution in [2.24, 2.45) is 0 Å². The second-order valence-corrected chi connectivity index (χ2v) is 7.08. The van der Waals surface area contributed by atoms with Crippen LogP contribution < -0.4 is 5.32 Å². The van der Waals surface area contributed by atoms with Crippen molar-refractivity contribution in [3.05, 3.63) is 41.4 Å². The van der Waals surface area contributed by atoms with Crippen molar-refractivity contribution in [1.82, 2.24) is 10.3 Å². The highest BCUT2D eigenvalue weighted by molar-refractivity contribution is 7.13. The standard InChI is InChI=1S/C18H22N2O2S/c21-16(12-18(22)9-4-5-10-18)19-11-8-15-13-23-17(20-15)14-6-2-1-3-7-14/h1-3,6-7,13,22H,4-5,8-12H2,(H,19,21). The predicted molar refractivity (Wildman–Crippen MR) is 92.3 cm³/mol. The highest BCUT2D eigenvalue weighted by Crippen LogP contribution is 2.32. The van der Waals surface area contributed by atoms with Gasteiger partial charge in [-0.15, -0.1) is 11.3 Å². The summed E-state index contributed by atoms with van der Waals surface area (Å²) in [4.78, 5) is 16.5. The van der Waals surface area contributed by atoms with Gasteiger partial charge in [0.05, 0.1) is 17.7 Å². The molecule has 1 aromatic heterocycles. The minimum Gasteiger partial charge on any atom is -0.389 e. The molecule has 0 spiro atoms. The van der Waals surface area contributed by atoms with Gasteiger partial charge in [0.2, 0.25) is 5.91 Å². The van der Waals surface area contributed by atoms with Gasteiger partial charge >= 0.3 is 0 Å². The first-order valence-electron chi connectivity index (χ1n) is 8.14. The van der Waals surface area contributed by atoms with Crippen molar-refractivity contribution >= 4 is 17.2 Å². The van der Waals surface area contributed by atoms with Crippen LogP contribution in [0.5, 0.6) is 0 Å². The third-order valence-electron chi connectivity index (χ3n) is 4.30. The van der Waals surface area contributed by atoms with Crippen molar-refractivity contribution in [2.75, 3.05) is 6.54 Å². The number of rotatable bonds is 6. The van der Waals surface area contributed by atoms with Gasteiger partial charge in [-0.1, -0.05) is 43.2 Å². The molecule has 1 aromatic carbocycles. The molecule has 1 saturated carbocycles. The lowest BCUT2D eigenvalue weighted by Crippen LogP contribution is -2.35. The number of hydrogen-bond acceptors (Lipinski definition) is 4. The number of aromatic nitrogens is 1. The van der Waals surface area contributed by atoms with Gasteiger partial charge < -0.3 is 10.4 Å². The van der Waals surface area contributed by atoms with Crippen LogP contribution in [0.4, 0.5) is 0 Å². The number of carbonyl (C=O) groups excluding carboxylic acids is 1. The Hall–Kier alpha value is -1.72. The maximum absolute atomic E-state index is 11.9. The van der Waals surface area contributed by atoms with Gasteiger partial charge in [-0.2, -0.15) is 0 Å². The molecule has 1 aliphatic carbocycles. The number of thiazole rings is 1. The van der Waals surface area contributed by atoms with Gasteiger partial charge in [-0.3, -0.25) is 4.79 Å². The smallest absolute Gasteiger partial charge is 0.222 e. The maximum atomic E-state index is 11.9. The molecule has 0 bridgehead atoms. The second-order valence-electron chi connectivity index (χ2n) is 6.22. The first kappa shape index (κ1) is 16.1. The Morgan fingerprint density at radius 3 is 2.74 bits per heavy atom. The van der Waals surface area contributed by atoms with Gasteiger partial charge in [-0.05, 0) is 12.8 Å². The van der Waals surface area contributed by atoms with E-state index in [4.69, 9.17) is 0 Å². The van der Waals surface area contributed by atoms with Crippen molar-refractivity contribution < 1.29 is 9.90 Å². The fraction of sp³-hybridized carbons (Fsp3) is 0.444. The highest BCUT2D eigenvalue weighted by atomic mass is 32.1. The first-order chi connectivity index (χ1) is 11.1. The normalized spacial score (nSPS) is 16.4. The molecule has 23 heavy (non-hydrogen) atoms. The van der Waals surface area contributed by atoms with Crippen LogP contribution in [-0.4, -0.2) is 28.1 Å². The molecular weight excluding hydrogens is 308 g/mol. The lowest BCUT2D eigenvalue weighted by molar-refractivity contribution is -0.125. The lowest BCUT2D eigenvalue weighted by atomic mass is 9.98. The molecule has 1 aliphatic rings. The molecule has 4 nitrogen and oxygen atoms in total. The van der Waals surface area contributed by atoms with E-state index in [0.717, 1.165) is 41.9 Å². The number of carbonyl (C=O) groups is 1. The molecule has 2 aromatic rings. The van der Waals surface area contributed by atoms with Crippen LogP contribution in [0.2, 0.25) is 0 Å². The summed E-state index contributed by atoms with van der Waals surface area (Å²) in [5.41, 5.74) is 1.34. The van der Waals surface area contributed by atoms with Gasteiger partial charge in [0.15, 0.2) is 0 Å². The third-order valence-corrected chi connectivity index (χ3v) is 5.24. The fourth-order valence-electron chi connectivity index (χ4n) is 3.04. The quantitative estimate of drug-likeness (QED) is 0.855. The third kappa shape index (κ3) is 4.39. The maximum Gasteiger partial charge on any atom is 0.222 e. The molecule has 0 radical (unpaired) electrons. The van der Waals surface area contributed by atoms with Crippen molar-refractivity contribution in [2.45, 2.75) is 44.1 Å². The van der Waals surface area contributed by atoms with Gasteiger partial charge in [0.25, 0.3) is 0 Å². The van der Waals surface area contributed by atoms with Crippen LogP contribution in [0, 0.1) is 0 Å². The van der Waals surface area contributed by atoms with Crippen molar-refractivity contribution in [1.29, 1.82) is 0 Å². The number of nitrogens with one attached hydrogen (secondary N) is 1. The fourth-order valence-corrected chi connectivity index (χ4v) is 3.90. The molecule has 1 fully saturated rings. The molecule has 122 valence electrons. The molecule has 0 aliphatic heterocycles. The topological polar surface area (TPSA) is 62.2 Å². The summed E-state index contributed by atoms with van der Waals surface area (Å²) in [5, 5.41) is 16.2. The summed E-state index contributed by atoms with van der Waals surface area (Å²) in [7, 11) is 0. The van der Waals surface area contributed by atoms with E-state index in [1.807, 2.05) is 35.7 Å². The van der Waals surface area contributed by atoms with E-state index in [1.165, 1.54) is 0 Å². The second kappa shape index (κ2) is 7.23. The molecule has 5 heteroatoms. The van der Waals surface area contributed by atoms with Crippen molar-refractivity contribution in [3.63, 3.8) is 0 Å². The molecule has 0 saturated heterocycles. The summed E-state index contributed by atoms with van der Waals surface area (Å²) in [6.45, 7) is 0.562. The largest absolute Gasteiger partial charge is 0.389 e. The average molecular weight is 330 g/mol. The Morgan fingerprint density at radius 1 is 1.26 bits per heavy atom. The molecule has 1 heterocycles. The van der Waals surface area contributed by atoms with E-state index in [9.17, 15) is 9.90 Å². The van der Waals surface area contributed by atoms with Gasteiger partial charge in [0, 0.05) is 23.9 Å². The van der Waals surface area contributed by atoms with E-state index >= 15 is 0 Å². The lowest BCUT2D eigenvalue weighted by Gasteiger charge is -2.20. The average Bonchev–Trinajstić information content (AvgIpc) is 3.18. The number of hydrogen-bond donors (Lipinski definition) is 2. The van der Waals surface area contributed by atoms with Crippen LogP contribution >= 0.6 is 11.3 Å². The molecular formula is C18H22N2O2S. The number of amides is 1. The first-order valence-corrected chi connectivity index (χ1v) is 9.02. The predicted octanol–water partition coefficient (Wildman–Crippen LogP) is 3.16. The van der Waals surface area contributed by atoms with E-state index in [2.05, 4.69) is 10.3 Å². The SMILES string of the molecule is O=C(CC1(O)CCCC1)NCCc1csc(-c2ccccc2)n1. The van der Waals surface area contributed by atoms with E-state index in [-0.39, 0.29) is 12.3 Å². The van der Waals surface area contributed by atoms with Crippen LogP contribution in [-0.2, 0) is 11.2 Å². The van der Waals surface area contributed by atoms with Gasteiger partial charge in [-0.25, -0.2) is 4.98 Å². The Balaban J connectivity index is 1.46. The minimum absolute atomic E-state index is 0.0621. The monoisotopic (exact) mass is 330 g/mol. The van der Waals surface area contributed by atoms with E-state index in [1.54, 1.807) is 11.3 Å². The molecule has 1 amide bonds. The molecule has 3 rings (SSSR count). The zero-order valence-corrected chi connectivity index (χ0v) is 13.9. The number of benzene rings is 1. The summed E-state index contributed by atoms with van der Waals surface area (Å²) in [6.07, 6.45) is 4.46.